The van der Waals surface area contributed by atoms with Gasteiger partial charge in [0.2, 0.25) is 5.95 Å². The van der Waals surface area contributed by atoms with Gasteiger partial charge in [-0.15, -0.1) is 11.3 Å². The van der Waals surface area contributed by atoms with Crippen LogP contribution in [0.25, 0.3) is 22.0 Å². The minimum atomic E-state index is -1.49. The smallest absolute Gasteiger partial charge is 0.258 e. The highest BCUT2D eigenvalue weighted by Crippen LogP contribution is 2.36. The number of thiazole rings is 1. The number of anilines is 2. The Hall–Kier alpha value is -3.67. The highest BCUT2D eigenvalue weighted by molar-refractivity contribution is 7.13. The number of carbonyl (C=O) groups excluding carboxylic acids is 1. The maximum atomic E-state index is 12.5. The molecule has 1 amide bonds. The molecule has 1 aromatic carbocycles. The molecule has 0 bridgehead atoms. The SMILES string of the molecule is CN1CC[C@@](O)(c2cccc(-c3nc(-c4ccnc(Nc5cnn([C@@H]6CCOC6)c5)n4)cs3)c2)C1=O. The summed E-state index contributed by atoms with van der Waals surface area (Å²) >= 11 is 1.48. The van der Waals surface area contributed by atoms with Gasteiger partial charge in [0.25, 0.3) is 5.91 Å². The Balaban J connectivity index is 1.21. The first kappa shape index (κ1) is 22.8. The first-order valence-electron chi connectivity index (χ1n) is 11.8. The molecule has 2 atom stereocenters. The molecule has 11 heteroatoms. The van der Waals surface area contributed by atoms with Crippen molar-refractivity contribution in [3.05, 3.63) is 59.9 Å². The maximum absolute atomic E-state index is 12.5. The van der Waals surface area contributed by atoms with Crippen molar-refractivity contribution in [2.75, 3.05) is 32.1 Å². The van der Waals surface area contributed by atoms with Crippen molar-refractivity contribution in [3.63, 3.8) is 0 Å². The fourth-order valence-electron chi connectivity index (χ4n) is 4.58. The van der Waals surface area contributed by atoms with E-state index in [4.69, 9.17) is 9.72 Å². The zero-order valence-electron chi connectivity index (χ0n) is 19.7. The standard InChI is InChI=1S/C25H25N7O3S/c1-31-9-7-25(34,23(31)33)17-4-2-3-16(11-17)22-29-21(15-36-22)20-5-8-26-24(30-20)28-18-12-27-32(13-18)19-6-10-35-14-19/h2-5,8,11-13,15,19,34H,6-7,9-10,14H2,1H3,(H,26,28,30)/t19-,25-/m1/s1. The molecule has 3 aromatic heterocycles. The Bertz CT molecular complexity index is 1410. The van der Waals surface area contributed by atoms with Crippen LogP contribution in [0.2, 0.25) is 0 Å². The Morgan fingerprint density at radius 2 is 2.17 bits per heavy atom. The lowest BCUT2D eigenvalue weighted by Crippen LogP contribution is -2.36. The Morgan fingerprint density at radius 3 is 2.97 bits per heavy atom. The summed E-state index contributed by atoms with van der Waals surface area (Å²) in [6.07, 6.45) is 6.71. The van der Waals surface area contributed by atoms with Gasteiger partial charge < -0.3 is 20.1 Å². The van der Waals surface area contributed by atoms with Gasteiger partial charge in [-0.1, -0.05) is 18.2 Å². The molecule has 0 unspecified atom stereocenters. The van der Waals surface area contributed by atoms with Gasteiger partial charge in [0.15, 0.2) is 5.60 Å². The molecule has 2 aliphatic rings. The monoisotopic (exact) mass is 503 g/mol. The highest BCUT2D eigenvalue weighted by Gasteiger charge is 2.45. The Morgan fingerprint density at radius 1 is 1.25 bits per heavy atom. The van der Waals surface area contributed by atoms with Gasteiger partial charge in [-0.25, -0.2) is 15.0 Å². The van der Waals surface area contributed by atoms with Crippen LogP contribution in [0.15, 0.2) is 54.3 Å². The summed E-state index contributed by atoms with van der Waals surface area (Å²) in [6, 6.07) is 9.49. The molecule has 6 rings (SSSR count). The second-order valence-corrected chi connectivity index (χ2v) is 9.93. The van der Waals surface area contributed by atoms with Crippen molar-refractivity contribution in [2.45, 2.75) is 24.5 Å². The largest absolute Gasteiger partial charge is 0.379 e. The van der Waals surface area contributed by atoms with Crippen LogP contribution in [0, 0.1) is 0 Å². The summed E-state index contributed by atoms with van der Waals surface area (Å²) in [7, 11) is 1.71. The molecular formula is C25H25N7O3S. The van der Waals surface area contributed by atoms with Crippen molar-refractivity contribution in [2.24, 2.45) is 0 Å². The summed E-state index contributed by atoms with van der Waals surface area (Å²) in [6.45, 7) is 1.96. The lowest BCUT2D eigenvalue weighted by Gasteiger charge is -2.21. The molecule has 0 radical (unpaired) electrons. The van der Waals surface area contributed by atoms with E-state index in [0.717, 1.165) is 35.0 Å². The highest BCUT2D eigenvalue weighted by atomic mass is 32.1. The first-order valence-corrected chi connectivity index (χ1v) is 12.6. The normalized spacial score (nSPS) is 21.9. The topological polar surface area (TPSA) is 118 Å². The summed E-state index contributed by atoms with van der Waals surface area (Å²) < 4.78 is 7.35. The number of hydrogen-bond donors (Lipinski definition) is 2. The van der Waals surface area contributed by atoms with Crippen LogP contribution in [0.4, 0.5) is 11.6 Å². The molecule has 4 aromatic rings. The van der Waals surface area contributed by atoms with Gasteiger partial charge >= 0.3 is 0 Å². The number of aliphatic hydroxyl groups is 1. The third-order valence-electron chi connectivity index (χ3n) is 6.66. The van der Waals surface area contributed by atoms with E-state index >= 15 is 0 Å². The summed E-state index contributed by atoms with van der Waals surface area (Å²) in [5.41, 5.74) is 2.16. The number of nitrogens with zero attached hydrogens (tertiary/aromatic N) is 6. The number of benzene rings is 1. The van der Waals surface area contributed by atoms with Crippen LogP contribution in [0.1, 0.15) is 24.4 Å². The molecule has 2 N–H and O–H groups in total. The van der Waals surface area contributed by atoms with E-state index in [-0.39, 0.29) is 11.9 Å². The van der Waals surface area contributed by atoms with Crippen molar-refractivity contribution in [1.82, 2.24) is 29.6 Å². The molecule has 2 saturated heterocycles. The number of rotatable bonds is 6. The molecule has 0 saturated carbocycles. The van der Waals surface area contributed by atoms with E-state index in [2.05, 4.69) is 20.4 Å². The van der Waals surface area contributed by atoms with Gasteiger partial charge in [-0.3, -0.25) is 9.48 Å². The molecule has 0 spiro atoms. The minimum absolute atomic E-state index is 0.258. The number of likely N-dealkylation sites (N-methyl/N-ethyl adjacent to an activating group) is 1. The predicted molar refractivity (Wildman–Crippen MR) is 135 cm³/mol. The van der Waals surface area contributed by atoms with E-state index in [0.29, 0.717) is 36.8 Å². The summed E-state index contributed by atoms with van der Waals surface area (Å²) in [4.78, 5) is 27.8. The second-order valence-electron chi connectivity index (χ2n) is 9.07. The third kappa shape index (κ3) is 4.15. The molecule has 184 valence electrons. The number of nitrogens with one attached hydrogen (secondary N) is 1. The fraction of sp³-hybridized carbons (Fsp3) is 0.320. The molecule has 5 heterocycles. The molecule has 0 aliphatic carbocycles. The first-order chi connectivity index (χ1) is 17.5. The van der Waals surface area contributed by atoms with Crippen LogP contribution in [-0.2, 0) is 15.1 Å². The predicted octanol–water partition coefficient (Wildman–Crippen LogP) is 3.22. The zero-order chi connectivity index (χ0) is 24.7. The number of likely N-dealkylation sites (tertiary alicyclic amines) is 1. The molecular weight excluding hydrogens is 478 g/mol. The molecule has 10 nitrogen and oxygen atoms in total. The van der Waals surface area contributed by atoms with Crippen molar-refractivity contribution in [1.29, 1.82) is 0 Å². The second kappa shape index (κ2) is 9.08. The zero-order valence-corrected chi connectivity index (χ0v) is 20.5. The van der Waals surface area contributed by atoms with E-state index in [9.17, 15) is 9.90 Å². The summed E-state index contributed by atoms with van der Waals surface area (Å²) in [5.74, 6) is 0.181. The Kier molecular flexibility index (Phi) is 5.75. The quantitative estimate of drug-likeness (QED) is 0.412. The van der Waals surface area contributed by atoms with Crippen LogP contribution >= 0.6 is 11.3 Å². The van der Waals surface area contributed by atoms with Crippen molar-refractivity contribution in [3.8, 4) is 22.0 Å². The van der Waals surface area contributed by atoms with Crippen LogP contribution < -0.4 is 5.32 Å². The van der Waals surface area contributed by atoms with E-state index in [1.807, 2.05) is 40.5 Å². The number of ether oxygens (including phenoxy) is 1. The number of carbonyl (C=O) groups is 1. The van der Waals surface area contributed by atoms with Gasteiger partial charge in [-0.2, -0.15) is 5.10 Å². The maximum Gasteiger partial charge on any atom is 0.258 e. The number of amides is 1. The molecule has 2 fully saturated rings. The fourth-order valence-corrected chi connectivity index (χ4v) is 5.39. The van der Waals surface area contributed by atoms with Gasteiger partial charge in [0, 0.05) is 50.0 Å². The van der Waals surface area contributed by atoms with Gasteiger partial charge in [0.05, 0.1) is 30.2 Å². The average Bonchev–Trinajstić information content (AvgIpc) is 3.71. The number of hydrogen-bond acceptors (Lipinski definition) is 9. The van der Waals surface area contributed by atoms with Crippen molar-refractivity contribution >= 4 is 28.9 Å². The minimum Gasteiger partial charge on any atom is -0.379 e. The third-order valence-corrected chi connectivity index (χ3v) is 7.55. The van der Waals surface area contributed by atoms with Crippen LogP contribution in [0.5, 0.6) is 0 Å². The van der Waals surface area contributed by atoms with E-state index < -0.39 is 5.60 Å². The van der Waals surface area contributed by atoms with E-state index in [1.165, 1.54) is 11.3 Å². The van der Waals surface area contributed by atoms with E-state index in [1.54, 1.807) is 30.4 Å². The summed E-state index contributed by atoms with van der Waals surface area (Å²) in [5, 5.41) is 21.4. The van der Waals surface area contributed by atoms with Crippen molar-refractivity contribution < 1.29 is 14.6 Å². The molecule has 36 heavy (non-hydrogen) atoms. The number of aromatic nitrogens is 5. The Labute approximate surface area is 211 Å². The van der Waals surface area contributed by atoms with Crippen LogP contribution in [0.3, 0.4) is 0 Å². The average molecular weight is 504 g/mol. The lowest BCUT2D eigenvalue weighted by atomic mass is 9.91. The van der Waals surface area contributed by atoms with Crippen LogP contribution in [-0.4, -0.2) is 67.5 Å². The lowest BCUT2D eigenvalue weighted by molar-refractivity contribution is -0.143. The molecule has 2 aliphatic heterocycles. The van der Waals surface area contributed by atoms with Gasteiger partial charge in [0.1, 0.15) is 10.7 Å². The van der Waals surface area contributed by atoms with Gasteiger partial charge in [-0.05, 0) is 24.1 Å².